The van der Waals surface area contributed by atoms with Gasteiger partial charge in [-0.1, -0.05) is 11.8 Å². The molecule has 4 rings (SSSR count). The zero-order valence-electron chi connectivity index (χ0n) is 15.1. The molecule has 3 aromatic rings. The lowest BCUT2D eigenvalue weighted by Crippen LogP contribution is -2.36. The SMILES string of the molecule is COc1ccc2c(c1)cc(C)c1nnc(SCC(=O)N3CCCCC3)n12. The summed E-state index contributed by atoms with van der Waals surface area (Å²) in [6.45, 7) is 3.78. The van der Waals surface area contributed by atoms with Crippen LogP contribution in [0.2, 0.25) is 0 Å². The molecular formula is C19H22N4O2S. The minimum Gasteiger partial charge on any atom is -0.497 e. The van der Waals surface area contributed by atoms with Gasteiger partial charge in [-0.05, 0) is 56.0 Å². The number of aromatic nitrogens is 3. The van der Waals surface area contributed by atoms with Crippen LogP contribution in [0.1, 0.15) is 24.8 Å². The van der Waals surface area contributed by atoms with Crippen LogP contribution in [0.4, 0.5) is 0 Å². The molecule has 6 nitrogen and oxygen atoms in total. The normalized spacial score (nSPS) is 14.9. The molecule has 0 radical (unpaired) electrons. The van der Waals surface area contributed by atoms with E-state index in [-0.39, 0.29) is 5.91 Å². The highest BCUT2D eigenvalue weighted by atomic mass is 32.2. The van der Waals surface area contributed by atoms with Gasteiger partial charge in [0.15, 0.2) is 10.8 Å². The van der Waals surface area contributed by atoms with Gasteiger partial charge in [0.05, 0.1) is 18.4 Å². The Hall–Kier alpha value is -2.28. The highest BCUT2D eigenvalue weighted by Crippen LogP contribution is 2.28. The standard InChI is InChI=1S/C19H22N4O2S/c1-13-10-14-11-15(25-2)6-7-16(14)23-18(13)20-21-19(23)26-12-17(24)22-8-4-3-5-9-22/h6-7,10-11H,3-5,8-9,12H2,1-2H3. The Kier molecular flexibility index (Phi) is 4.72. The van der Waals surface area contributed by atoms with E-state index in [0.717, 1.165) is 59.0 Å². The maximum Gasteiger partial charge on any atom is 0.233 e. The molecular weight excluding hydrogens is 348 g/mol. The fraction of sp³-hybridized carbons (Fsp3) is 0.421. The van der Waals surface area contributed by atoms with E-state index in [2.05, 4.69) is 16.3 Å². The maximum absolute atomic E-state index is 12.5. The highest BCUT2D eigenvalue weighted by molar-refractivity contribution is 7.99. The highest BCUT2D eigenvalue weighted by Gasteiger charge is 2.19. The third-order valence-corrected chi connectivity index (χ3v) is 5.78. The first kappa shape index (κ1) is 17.1. The van der Waals surface area contributed by atoms with Crippen molar-refractivity contribution >= 4 is 34.2 Å². The van der Waals surface area contributed by atoms with E-state index in [1.807, 2.05) is 34.4 Å². The van der Waals surface area contributed by atoms with Crippen molar-refractivity contribution in [2.24, 2.45) is 0 Å². The summed E-state index contributed by atoms with van der Waals surface area (Å²) < 4.78 is 7.38. The predicted octanol–water partition coefficient (Wildman–Crippen LogP) is 3.30. The molecule has 1 aliphatic rings. The fourth-order valence-electron chi connectivity index (χ4n) is 3.47. The van der Waals surface area contributed by atoms with Crippen LogP contribution in [-0.2, 0) is 4.79 Å². The Morgan fingerprint density at radius 1 is 1.19 bits per heavy atom. The van der Waals surface area contributed by atoms with E-state index in [1.165, 1.54) is 18.2 Å². The lowest BCUT2D eigenvalue weighted by atomic mass is 10.1. The predicted molar refractivity (Wildman–Crippen MR) is 103 cm³/mol. The molecule has 0 aliphatic carbocycles. The Bertz CT molecular complexity index is 963. The van der Waals surface area contributed by atoms with Crippen LogP contribution < -0.4 is 4.74 Å². The lowest BCUT2D eigenvalue weighted by molar-refractivity contribution is -0.129. The Morgan fingerprint density at radius 2 is 2.00 bits per heavy atom. The summed E-state index contributed by atoms with van der Waals surface area (Å²) in [6, 6.07) is 8.05. The smallest absolute Gasteiger partial charge is 0.233 e. The van der Waals surface area contributed by atoms with Crippen molar-refractivity contribution in [2.45, 2.75) is 31.3 Å². The number of nitrogens with zero attached hydrogens (tertiary/aromatic N) is 4. The summed E-state index contributed by atoms with van der Waals surface area (Å²) in [5.74, 6) is 1.40. The average molecular weight is 370 g/mol. The first-order chi connectivity index (χ1) is 12.7. The van der Waals surface area contributed by atoms with E-state index >= 15 is 0 Å². The average Bonchev–Trinajstić information content (AvgIpc) is 3.11. The van der Waals surface area contributed by atoms with Gasteiger partial charge in [-0.2, -0.15) is 0 Å². The van der Waals surface area contributed by atoms with Crippen molar-refractivity contribution in [1.29, 1.82) is 0 Å². The number of thioether (sulfide) groups is 1. The van der Waals surface area contributed by atoms with Crippen LogP contribution in [0.3, 0.4) is 0 Å². The molecule has 2 aromatic heterocycles. The molecule has 0 N–H and O–H groups in total. The molecule has 3 heterocycles. The minimum absolute atomic E-state index is 0.185. The second kappa shape index (κ2) is 7.15. The number of aryl methyl sites for hydroxylation is 1. The number of carbonyl (C=O) groups excluding carboxylic acids is 1. The number of ether oxygens (including phenoxy) is 1. The number of rotatable bonds is 4. The quantitative estimate of drug-likeness (QED) is 0.660. The Labute approximate surface area is 156 Å². The van der Waals surface area contributed by atoms with E-state index in [1.54, 1.807) is 7.11 Å². The largest absolute Gasteiger partial charge is 0.497 e. The van der Waals surface area contributed by atoms with E-state index in [4.69, 9.17) is 4.74 Å². The molecule has 0 saturated carbocycles. The number of fused-ring (bicyclic) bond motifs is 3. The van der Waals surface area contributed by atoms with Gasteiger partial charge >= 0.3 is 0 Å². The Balaban J connectivity index is 1.65. The second-order valence-corrected chi connectivity index (χ2v) is 7.57. The molecule has 1 aromatic carbocycles. The van der Waals surface area contributed by atoms with E-state index in [0.29, 0.717) is 5.75 Å². The van der Waals surface area contributed by atoms with Gasteiger partial charge < -0.3 is 9.64 Å². The molecule has 1 fully saturated rings. The van der Waals surface area contributed by atoms with E-state index in [9.17, 15) is 4.79 Å². The zero-order valence-corrected chi connectivity index (χ0v) is 15.9. The summed E-state index contributed by atoms with van der Waals surface area (Å²) in [6.07, 6.45) is 3.44. The summed E-state index contributed by atoms with van der Waals surface area (Å²) in [7, 11) is 1.67. The van der Waals surface area contributed by atoms with Crippen molar-refractivity contribution in [3.63, 3.8) is 0 Å². The number of benzene rings is 1. The van der Waals surface area contributed by atoms with Crippen LogP contribution in [-0.4, -0.2) is 51.4 Å². The molecule has 26 heavy (non-hydrogen) atoms. The lowest BCUT2D eigenvalue weighted by Gasteiger charge is -2.26. The summed E-state index contributed by atoms with van der Waals surface area (Å²) in [5, 5.41) is 10.5. The minimum atomic E-state index is 0.185. The molecule has 1 amide bonds. The Morgan fingerprint density at radius 3 is 2.77 bits per heavy atom. The molecule has 1 aliphatic heterocycles. The molecule has 136 valence electrons. The van der Waals surface area contributed by atoms with Gasteiger partial charge in [0.1, 0.15) is 5.75 Å². The van der Waals surface area contributed by atoms with Gasteiger partial charge in [-0.15, -0.1) is 10.2 Å². The summed E-state index contributed by atoms with van der Waals surface area (Å²) in [4.78, 5) is 14.4. The van der Waals surface area contributed by atoms with E-state index < -0.39 is 0 Å². The number of amides is 1. The molecule has 0 spiro atoms. The van der Waals surface area contributed by atoms with Crippen molar-refractivity contribution in [2.75, 3.05) is 26.0 Å². The fourth-order valence-corrected chi connectivity index (χ4v) is 4.32. The summed E-state index contributed by atoms with van der Waals surface area (Å²) in [5.41, 5.74) is 2.90. The van der Waals surface area contributed by atoms with Crippen molar-refractivity contribution in [3.8, 4) is 5.75 Å². The van der Waals surface area contributed by atoms with Gasteiger partial charge in [0.2, 0.25) is 5.91 Å². The third kappa shape index (κ3) is 3.11. The number of hydrogen-bond donors (Lipinski definition) is 0. The molecule has 0 unspecified atom stereocenters. The third-order valence-electron chi connectivity index (χ3n) is 4.87. The van der Waals surface area contributed by atoms with Crippen LogP contribution >= 0.6 is 11.8 Å². The van der Waals surface area contributed by atoms with Crippen LogP contribution in [0, 0.1) is 6.92 Å². The summed E-state index contributed by atoms with van der Waals surface area (Å²) >= 11 is 1.46. The second-order valence-electron chi connectivity index (χ2n) is 6.62. The molecule has 1 saturated heterocycles. The molecule has 0 bridgehead atoms. The van der Waals surface area contributed by atoms with Gasteiger partial charge in [0.25, 0.3) is 0 Å². The monoisotopic (exact) mass is 370 g/mol. The number of carbonyl (C=O) groups is 1. The topological polar surface area (TPSA) is 59.7 Å². The maximum atomic E-state index is 12.5. The number of likely N-dealkylation sites (tertiary alicyclic amines) is 1. The van der Waals surface area contributed by atoms with Gasteiger partial charge in [0, 0.05) is 18.5 Å². The first-order valence-corrected chi connectivity index (χ1v) is 9.89. The van der Waals surface area contributed by atoms with Gasteiger partial charge in [-0.3, -0.25) is 9.20 Å². The van der Waals surface area contributed by atoms with Crippen molar-refractivity contribution < 1.29 is 9.53 Å². The zero-order chi connectivity index (χ0) is 18.1. The number of pyridine rings is 1. The van der Waals surface area contributed by atoms with Crippen LogP contribution in [0.25, 0.3) is 16.6 Å². The first-order valence-electron chi connectivity index (χ1n) is 8.90. The van der Waals surface area contributed by atoms with Crippen LogP contribution in [0.5, 0.6) is 5.75 Å². The van der Waals surface area contributed by atoms with Crippen molar-refractivity contribution in [3.05, 3.63) is 29.8 Å². The number of methoxy groups -OCH3 is 1. The molecule has 0 atom stereocenters. The number of hydrogen-bond acceptors (Lipinski definition) is 5. The van der Waals surface area contributed by atoms with Crippen molar-refractivity contribution in [1.82, 2.24) is 19.5 Å². The van der Waals surface area contributed by atoms with Gasteiger partial charge in [-0.25, -0.2) is 0 Å². The molecule has 7 heteroatoms. The number of piperidine rings is 1. The van der Waals surface area contributed by atoms with Crippen LogP contribution in [0.15, 0.2) is 29.4 Å².